The van der Waals surface area contributed by atoms with Crippen LogP contribution in [0.25, 0.3) is 0 Å². The molecular formula is C16H26N2. The first kappa shape index (κ1) is 13.6. The van der Waals surface area contributed by atoms with Gasteiger partial charge in [0.05, 0.1) is 0 Å². The van der Waals surface area contributed by atoms with Crippen LogP contribution >= 0.6 is 0 Å². The van der Waals surface area contributed by atoms with Crippen molar-refractivity contribution in [1.82, 2.24) is 9.80 Å². The smallest absolute Gasteiger partial charge is 0.0237 e. The van der Waals surface area contributed by atoms with Gasteiger partial charge in [-0.2, -0.15) is 0 Å². The maximum Gasteiger partial charge on any atom is 0.0237 e. The van der Waals surface area contributed by atoms with Gasteiger partial charge in [0.1, 0.15) is 0 Å². The second-order valence-electron chi connectivity index (χ2n) is 6.42. The summed E-state index contributed by atoms with van der Waals surface area (Å²) in [6.07, 6.45) is 0. The molecule has 1 aromatic carbocycles. The molecule has 1 aliphatic rings. The third-order valence-electron chi connectivity index (χ3n) is 3.94. The van der Waals surface area contributed by atoms with E-state index in [1.165, 1.54) is 25.2 Å². The highest BCUT2D eigenvalue weighted by molar-refractivity contribution is 5.14. The van der Waals surface area contributed by atoms with E-state index in [4.69, 9.17) is 0 Å². The van der Waals surface area contributed by atoms with Gasteiger partial charge in [-0.15, -0.1) is 0 Å². The highest BCUT2D eigenvalue weighted by Crippen LogP contribution is 2.20. The topological polar surface area (TPSA) is 6.48 Å². The Kier molecular flexibility index (Phi) is 4.08. The van der Waals surface area contributed by atoms with E-state index in [1.54, 1.807) is 0 Å². The van der Waals surface area contributed by atoms with Gasteiger partial charge in [0.2, 0.25) is 0 Å². The maximum absolute atomic E-state index is 2.60. The number of piperazine rings is 1. The molecule has 0 spiro atoms. The largest absolute Gasteiger partial charge is 0.296 e. The Labute approximate surface area is 112 Å². The van der Waals surface area contributed by atoms with Gasteiger partial charge in [-0.3, -0.25) is 9.80 Å². The van der Waals surface area contributed by atoms with E-state index in [0.717, 1.165) is 6.54 Å². The Balaban J connectivity index is 1.94. The third-order valence-corrected chi connectivity index (χ3v) is 3.94. The first-order valence-electron chi connectivity index (χ1n) is 7.00. The fourth-order valence-electron chi connectivity index (χ4n) is 2.66. The van der Waals surface area contributed by atoms with Gasteiger partial charge in [-0.05, 0) is 33.3 Å². The molecule has 2 nitrogen and oxygen atoms in total. The lowest BCUT2D eigenvalue weighted by Gasteiger charge is -2.45. The molecule has 1 atom stereocenters. The monoisotopic (exact) mass is 246 g/mol. The summed E-state index contributed by atoms with van der Waals surface area (Å²) in [4.78, 5) is 5.19. The molecule has 18 heavy (non-hydrogen) atoms. The van der Waals surface area contributed by atoms with Crippen LogP contribution in [0.2, 0.25) is 0 Å². The Morgan fingerprint density at radius 2 is 1.78 bits per heavy atom. The van der Waals surface area contributed by atoms with Crippen LogP contribution in [0.5, 0.6) is 0 Å². The molecule has 0 bridgehead atoms. The normalized spacial score (nSPS) is 23.2. The fourth-order valence-corrected chi connectivity index (χ4v) is 2.66. The van der Waals surface area contributed by atoms with E-state index in [1.807, 2.05) is 0 Å². The quantitative estimate of drug-likeness (QED) is 0.791. The lowest BCUT2D eigenvalue weighted by Crippen LogP contribution is -2.56. The molecule has 2 heteroatoms. The summed E-state index contributed by atoms with van der Waals surface area (Å²) in [7, 11) is 0. The van der Waals surface area contributed by atoms with Crippen LogP contribution in [-0.4, -0.2) is 41.0 Å². The first-order chi connectivity index (χ1) is 8.47. The van der Waals surface area contributed by atoms with E-state index in [9.17, 15) is 0 Å². The SMILES string of the molecule is C[C@H]1CN(C(C)(C)C)CCN1Cc1ccccc1. The predicted molar refractivity (Wildman–Crippen MR) is 77.6 cm³/mol. The van der Waals surface area contributed by atoms with Crippen LogP contribution in [0.1, 0.15) is 33.3 Å². The highest BCUT2D eigenvalue weighted by atomic mass is 15.3. The van der Waals surface area contributed by atoms with Crippen LogP contribution in [0.15, 0.2) is 30.3 Å². The summed E-state index contributed by atoms with van der Waals surface area (Å²) in [6.45, 7) is 13.9. The molecule has 0 aliphatic carbocycles. The summed E-state index contributed by atoms with van der Waals surface area (Å²) in [5.41, 5.74) is 1.72. The first-order valence-corrected chi connectivity index (χ1v) is 7.00. The zero-order valence-corrected chi connectivity index (χ0v) is 12.2. The number of hydrogen-bond donors (Lipinski definition) is 0. The Hall–Kier alpha value is -0.860. The van der Waals surface area contributed by atoms with Crippen LogP contribution in [0.3, 0.4) is 0 Å². The fraction of sp³-hybridized carbons (Fsp3) is 0.625. The zero-order valence-electron chi connectivity index (χ0n) is 12.2. The molecule has 1 heterocycles. The van der Waals surface area contributed by atoms with Gasteiger partial charge < -0.3 is 0 Å². The average molecular weight is 246 g/mol. The second kappa shape index (κ2) is 5.41. The minimum Gasteiger partial charge on any atom is -0.296 e. The van der Waals surface area contributed by atoms with E-state index >= 15 is 0 Å². The van der Waals surface area contributed by atoms with E-state index in [2.05, 4.69) is 67.8 Å². The van der Waals surface area contributed by atoms with Crippen molar-refractivity contribution >= 4 is 0 Å². The van der Waals surface area contributed by atoms with Crippen LogP contribution in [0.4, 0.5) is 0 Å². The second-order valence-corrected chi connectivity index (χ2v) is 6.42. The minimum atomic E-state index is 0.299. The van der Waals surface area contributed by atoms with Crippen molar-refractivity contribution in [1.29, 1.82) is 0 Å². The van der Waals surface area contributed by atoms with Gasteiger partial charge in [0.15, 0.2) is 0 Å². The minimum absolute atomic E-state index is 0.299. The number of hydrogen-bond acceptors (Lipinski definition) is 2. The molecule has 1 fully saturated rings. The predicted octanol–water partition coefficient (Wildman–Crippen LogP) is 2.99. The molecular weight excluding hydrogens is 220 g/mol. The molecule has 1 aliphatic heterocycles. The van der Waals surface area contributed by atoms with Gasteiger partial charge in [0, 0.05) is 37.8 Å². The molecule has 1 aromatic rings. The van der Waals surface area contributed by atoms with E-state index in [0.29, 0.717) is 11.6 Å². The number of benzene rings is 1. The molecule has 1 saturated heterocycles. The van der Waals surface area contributed by atoms with Crippen LogP contribution in [-0.2, 0) is 6.54 Å². The Morgan fingerprint density at radius 1 is 1.11 bits per heavy atom. The maximum atomic E-state index is 2.60. The van der Waals surface area contributed by atoms with Crippen LogP contribution in [0, 0.1) is 0 Å². The summed E-state index contributed by atoms with van der Waals surface area (Å²) in [6, 6.07) is 11.4. The molecule has 0 saturated carbocycles. The lowest BCUT2D eigenvalue weighted by atomic mass is 10.0. The number of rotatable bonds is 2. The van der Waals surface area contributed by atoms with Crippen molar-refractivity contribution in [3.63, 3.8) is 0 Å². The van der Waals surface area contributed by atoms with Gasteiger partial charge in [0.25, 0.3) is 0 Å². The van der Waals surface area contributed by atoms with Crippen molar-refractivity contribution in [3.05, 3.63) is 35.9 Å². The van der Waals surface area contributed by atoms with E-state index < -0.39 is 0 Å². The average Bonchev–Trinajstić information content (AvgIpc) is 2.32. The van der Waals surface area contributed by atoms with Gasteiger partial charge in [-0.25, -0.2) is 0 Å². The van der Waals surface area contributed by atoms with Crippen molar-refractivity contribution in [2.45, 2.75) is 45.8 Å². The van der Waals surface area contributed by atoms with Crippen LogP contribution < -0.4 is 0 Å². The summed E-state index contributed by atoms with van der Waals surface area (Å²) in [5.74, 6) is 0. The van der Waals surface area contributed by atoms with Crippen molar-refractivity contribution in [3.8, 4) is 0 Å². The molecule has 0 radical (unpaired) electrons. The molecule has 0 aromatic heterocycles. The van der Waals surface area contributed by atoms with Crippen molar-refractivity contribution in [2.24, 2.45) is 0 Å². The molecule has 100 valence electrons. The number of nitrogens with zero attached hydrogens (tertiary/aromatic N) is 2. The Morgan fingerprint density at radius 3 is 2.33 bits per heavy atom. The van der Waals surface area contributed by atoms with Gasteiger partial charge >= 0.3 is 0 Å². The molecule has 0 N–H and O–H groups in total. The van der Waals surface area contributed by atoms with E-state index in [-0.39, 0.29) is 0 Å². The summed E-state index contributed by atoms with van der Waals surface area (Å²) in [5, 5.41) is 0. The third kappa shape index (κ3) is 3.33. The van der Waals surface area contributed by atoms with Gasteiger partial charge in [-0.1, -0.05) is 30.3 Å². The zero-order chi connectivity index (χ0) is 13.2. The molecule has 0 amide bonds. The molecule has 0 unspecified atom stereocenters. The highest BCUT2D eigenvalue weighted by Gasteiger charge is 2.29. The Bertz CT molecular complexity index is 366. The molecule has 2 rings (SSSR count). The summed E-state index contributed by atoms with van der Waals surface area (Å²) < 4.78 is 0. The van der Waals surface area contributed by atoms with Crippen molar-refractivity contribution in [2.75, 3.05) is 19.6 Å². The van der Waals surface area contributed by atoms with Crippen molar-refractivity contribution < 1.29 is 0 Å². The lowest BCUT2D eigenvalue weighted by molar-refractivity contribution is 0.0246. The standard InChI is InChI=1S/C16H26N2/c1-14-12-18(16(2,3)4)11-10-17(14)13-15-8-6-5-7-9-15/h5-9,14H,10-13H2,1-4H3/t14-/m0/s1. The summed E-state index contributed by atoms with van der Waals surface area (Å²) >= 11 is 0.